The third kappa shape index (κ3) is 12.3. The minimum atomic E-state index is 0. The second-order valence-electron chi connectivity index (χ2n) is 6.57. The fraction of sp³-hybridized carbons (Fsp3) is 0.185. The van der Waals surface area contributed by atoms with E-state index in [-0.39, 0.29) is 17.1 Å². The molecule has 0 aliphatic heterocycles. The molecule has 0 bridgehead atoms. The van der Waals surface area contributed by atoms with Crippen LogP contribution in [0.5, 0.6) is 0 Å². The van der Waals surface area contributed by atoms with E-state index in [0.717, 1.165) is 8.58 Å². The third-order valence-corrected chi connectivity index (χ3v) is 5.44. The molecule has 0 aliphatic rings. The van der Waals surface area contributed by atoms with Gasteiger partial charge in [-0.2, -0.15) is 17.7 Å². The van der Waals surface area contributed by atoms with Crippen molar-refractivity contribution in [2.24, 2.45) is 0 Å². The maximum atomic E-state index is 2.24. The van der Waals surface area contributed by atoms with Crippen LogP contribution < -0.4 is 10.6 Å². The zero-order valence-electron chi connectivity index (χ0n) is 17.2. The van der Waals surface area contributed by atoms with Crippen LogP contribution in [0.4, 0.5) is 0 Å². The van der Waals surface area contributed by atoms with Gasteiger partial charge in [0.2, 0.25) is 0 Å². The Hall–Kier alpha value is -1.91. The number of benzene rings is 2. The molecule has 29 heavy (non-hydrogen) atoms. The predicted octanol–water partition coefficient (Wildman–Crippen LogP) is 6.86. The molecule has 0 radical (unpaired) electrons. The molecule has 0 nitrogen and oxygen atoms in total. The van der Waals surface area contributed by atoms with Crippen LogP contribution in [0.1, 0.15) is 31.7 Å². The van der Waals surface area contributed by atoms with Gasteiger partial charge in [0, 0.05) is 17.1 Å². The van der Waals surface area contributed by atoms with Gasteiger partial charge in [-0.15, -0.1) is 0 Å². The Labute approximate surface area is 189 Å². The Morgan fingerprint density at radius 1 is 0.655 bits per heavy atom. The molecule has 0 unspecified atom stereocenters. The number of aryl methyl sites for hydroxylation is 1. The first-order valence-corrected chi connectivity index (χ1v) is 11.1. The van der Waals surface area contributed by atoms with Crippen LogP contribution in [-0.4, -0.2) is 0 Å². The molecule has 0 atom stereocenters. The molecule has 0 saturated carbocycles. The van der Waals surface area contributed by atoms with Gasteiger partial charge < -0.3 is 30.3 Å². The summed E-state index contributed by atoms with van der Waals surface area (Å²) in [6, 6.07) is 39.8. The summed E-state index contributed by atoms with van der Waals surface area (Å²) in [5.74, 6) is 0. The van der Waals surface area contributed by atoms with Gasteiger partial charge in [0.25, 0.3) is 0 Å². The molecular weight excluding hydrogens is 411 g/mol. The fourth-order valence-electron chi connectivity index (χ4n) is 2.69. The Kier molecular flexibility index (Phi) is 14.7. The van der Waals surface area contributed by atoms with Crippen LogP contribution in [0.3, 0.4) is 0 Å². The summed E-state index contributed by atoms with van der Waals surface area (Å²) >= 11 is 0. The normalized spacial score (nSPS) is 9.28. The molecule has 4 aromatic rings. The Morgan fingerprint density at radius 3 is 1.52 bits per heavy atom. The Balaban J connectivity index is 0.000000233. The molecular formula is C27H31FeP-6. The third-order valence-electron chi connectivity index (χ3n) is 4.19. The van der Waals surface area contributed by atoms with Crippen LogP contribution in [-0.2, 0) is 23.5 Å². The molecule has 158 valence electrons. The van der Waals surface area contributed by atoms with Gasteiger partial charge in [0.15, 0.2) is 0 Å². The fourth-order valence-corrected chi connectivity index (χ4v) is 3.74. The molecule has 0 spiro atoms. The number of hydrogen-bond acceptors (Lipinski definition) is 0. The Morgan fingerprint density at radius 2 is 1.10 bits per heavy atom. The zero-order valence-corrected chi connectivity index (χ0v) is 19.3. The average molecular weight is 442 g/mol. The minimum Gasteiger partial charge on any atom is -0.748 e. The number of hydrogen-bond donors (Lipinski definition) is 0. The molecule has 0 aliphatic carbocycles. The van der Waals surface area contributed by atoms with Gasteiger partial charge in [0.05, 0.1) is 0 Å². The second-order valence-corrected chi connectivity index (χ2v) is 7.97. The van der Waals surface area contributed by atoms with Crippen molar-refractivity contribution >= 4 is 19.2 Å². The maximum absolute atomic E-state index is 2.24. The van der Waals surface area contributed by atoms with Crippen LogP contribution in [0.25, 0.3) is 0 Å². The molecule has 2 heteroatoms. The smallest absolute Gasteiger partial charge is 0 e. The summed E-state index contributed by atoms with van der Waals surface area (Å²) < 4.78 is 0. The van der Waals surface area contributed by atoms with Crippen molar-refractivity contribution in [2.75, 3.05) is 0 Å². The van der Waals surface area contributed by atoms with E-state index in [4.69, 9.17) is 0 Å². The molecule has 0 saturated heterocycles. The van der Waals surface area contributed by atoms with Gasteiger partial charge in [-0.3, -0.25) is 0 Å². The standard InChI is InChI=1S/C12H11P.C10H15.C5H5.Fe/c1-3-7-11(8-4-1)13-12-9-5-2-6-10-12;1-2-3-4-7-10-8-5-6-9-10;1-2-4-5-3-1;/h1-10,13H;5-6,8-9H,2-4,7H2,1H3;1-5H;/q;-1;-5;. The van der Waals surface area contributed by atoms with Crippen molar-refractivity contribution in [1.29, 1.82) is 0 Å². The summed E-state index contributed by atoms with van der Waals surface area (Å²) in [4.78, 5) is 0. The largest absolute Gasteiger partial charge is 0.748 e. The van der Waals surface area contributed by atoms with E-state index in [1.54, 1.807) is 0 Å². The quantitative estimate of drug-likeness (QED) is 0.133. The van der Waals surface area contributed by atoms with Crippen molar-refractivity contribution in [3.63, 3.8) is 0 Å². The summed E-state index contributed by atoms with van der Waals surface area (Å²) in [5, 5.41) is 2.79. The van der Waals surface area contributed by atoms with Gasteiger partial charge >= 0.3 is 0 Å². The van der Waals surface area contributed by atoms with Crippen molar-refractivity contribution in [2.45, 2.75) is 32.6 Å². The zero-order chi connectivity index (χ0) is 19.7. The number of rotatable bonds is 6. The molecule has 0 fully saturated rings. The first kappa shape index (κ1) is 25.1. The number of unbranched alkanes of at least 4 members (excludes halogenated alkanes) is 2. The molecule has 4 rings (SSSR count). The second kappa shape index (κ2) is 17.0. The summed E-state index contributed by atoms with van der Waals surface area (Å²) in [6.45, 7) is 2.24. The van der Waals surface area contributed by atoms with Crippen LogP contribution in [0, 0.1) is 0 Å². The van der Waals surface area contributed by atoms with E-state index in [0.29, 0.717) is 0 Å². The topological polar surface area (TPSA) is 0 Å². The van der Waals surface area contributed by atoms with E-state index in [2.05, 4.69) is 91.9 Å². The van der Waals surface area contributed by atoms with Crippen molar-refractivity contribution in [1.82, 2.24) is 0 Å². The van der Waals surface area contributed by atoms with Crippen molar-refractivity contribution in [3.05, 3.63) is 121 Å². The predicted molar refractivity (Wildman–Crippen MR) is 128 cm³/mol. The van der Waals surface area contributed by atoms with E-state index < -0.39 is 0 Å². The van der Waals surface area contributed by atoms with E-state index in [1.807, 2.05) is 30.3 Å². The summed E-state index contributed by atoms with van der Waals surface area (Å²) in [7, 11) is 0.777. The first-order valence-electron chi connectivity index (χ1n) is 10.1. The molecule has 4 aromatic carbocycles. The van der Waals surface area contributed by atoms with Crippen LogP contribution >= 0.6 is 8.58 Å². The van der Waals surface area contributed by atoms with Gasteiger partial charge in [-0.1, -0.05) is 102 Å². The molecule has 0 aromatic heterocycles. The van der Waals surface area contributed by atoms with E-state index >= 15 is 0 Å². The summed E-state index contributed by atoms with van der Waals surface area (Å²) in [6.07, 6.45) is 5.30. The molecule has 0 amide bonds. The monoisotopic (exact) mass is 442 g/mol. The SMILES string of the molecule is CCCCC[c-]1cccc1.[Fe].[cH-]1[cH-][cH-][cH-][cH-]1.c1ccc(Pc2ccccc2)cc1. The van der Waals surface area contributed by atoms with Gasteiger partial charge in [-0.05, 0) is 10.6 Å². The maximum Gasteiger partial charge on any atom is 0 e. The van der Waals surface area contributed by atoms with E-state index in [1.165, 1.54) is 41.9 Å². The van der Waals surface area contributed by atoms with Gasteiger partial charge in [0.1, 0.15) is 0 Å². The summed E-state index contributed by atoms with van der Waals surface area (Å²) in [5.41, 5.74) is 1.49. The molecule has 0 heterocycles. The van der Waals surface area contributed by atoms with Gasteiger partial charge in [-0.25, -0.2) is 12.1 Å². The first-order chi connectivity index (χ1) is 13.9. The van der Waals surface area contributed by atoms with Crippen LogP contribution in [0.2, 0.25) is 0 Å². The van der Waals surface area contributed by atoms with E-state index in [9.17, 15) is 0 Å². The Bertz CT molecular complexity index is 736. The molecule has 0 N–H and O–H groups in total. The van der Waals surface area contributed by atoms with Crippen LogP contribution in [0.15, 0.2) is 115 Å². The van der Waals surface area contributed by atoms with Crippen molar-refractivity contribution in [3.8, 4) is 0 Å². The minimum absolute atomic E-state index is 0. The van der Waals surface area contributed by atoms with Crippen molar-refractivity contribution < 1.29 is 17.1 Å². The average Bonchev–Trinajstić information content (AvgIpc) is 3.48.